The fraction of sp³-hybridized carbons (Fsp3) is 0.833. The number of nitrogens with zero attached hydrogens (tertiary/aromatic N) is 1. The highest BCUT2D eigenvalue weighted by atomic mass is 32.1. The lowest BCUT2D eigenvalue weighted by Gasteiger charge is -2.40. The van der Waals surface area contributed by atoms with Crippen LogP contribution in [0.4, 0.5) is 0 Å². The number of carbonyl (C=O) groups is 1. The van der Waals surface area contributed by atoms with Crippen LogP contribution in [0.5, 0.6) is 0 Å². The summed E-state index contributed by atoms with van der Waals surface area (Å²) in [6.07, 6.45) is 3.43. The zero-order chi connectivity index (χ0) is 13.2. The van der Waals surface area contributed by atoms with Crippen LogP contribution in [0.15, 0.2) is 0 Å². The average molecular weight is 272 g/mol. The Morgan fingerprint density at radius 2 is 2.17 bits per heavy atom. The van der Waals surface area contributed by atoms with Crippen LogP contribution in [0.3, 0.4) is 0 Å². The molecule has 0 spiro atoms. The summed E-state index contributed by atoms with van der Waals surface area (Å²) < 4.78 is 5.29. The average Bonchev–Trinajstić information content (AvgIpc) is 2.88. The predicted molar refractivity (Wildman–Crippen MR) is 71.1 cm³/mol. The van der Waals surface area contributed by atoms with Crippen molar-refractivity contribution in [3.05, 3.63) is 0 Å². The molecule has 0 aromatic carbocycles. The first-order valence-corrected chi connectivity index (χ1v) is 6.82. The van der Waals surface area contributed by atoms with Gasteiger partial charge in [-0.2, -0.15) is 0 Å². The number of aliphatic hydroxyl groups excluding tert-OH is 1. The second kappa shape index (κ2) is 5.50. The normalized spacial score (nSPS) is 27.2. The molecule has 2 aliphatic rings. The second-order valence-electron chi connectivity index (χ2n) is 5.06. The van der Waals surface area contributed by atoms with Crippen molar-refractivity contribution in [2.24, 2.45) is 11.1 Å². The Kier molecular flexibility index (Phi) is 4.19. The van der Waals surface area contributed by atoms with Gasteiger partial charge < -0.3 is 20.5 Å². The lowest BCUT2D eigenvalue weighted by molar-refractivity contribution is -0.148. The number of thiocarbonyl (C=S) groups is 1. The molecule has 1 unspecified atom stereocenters. The summed E-state index contributed by atoms with van der Waals surface area (Å²) in [5, 5.41) is 9.34. The van der Waals surface area contributed by atoms with E-state index in [1.807, 2.05) is 0 Å². The van der Waals surface area contributed by atoms with Crippen molar-refractivity contribution >= 4 is 23.1 Å². The smallest absolute Gasteiger partial charge is 0.236 e. The molecule has 2 fully saturated rings. The van der Waals surface area contributed by atoms with E-state index >= 15 is 0 Å². The van der Waals surface area contributed by atoms with Gasteiger partial charge in [-0.3, -0.25) is 4.79 Å². The molecular weight excluding hydrogens is 252 g/mol. The van der Waals surface area contributed by atoms with Crippen LogP contribution in [-0.2, 0) is 9.53 Å². The van der Waals surface area contributed by atoms with Crippen LogP contribution in [0, 0.1) is 5.41 Å². The number of rotatable bonds is 3. The molecule has 1 atom stereocenters. The van der Waals surface area contributed by atoms with Gasteiger partial charge in [-0.1, -0.05) is 25.1 Å². The molecule has 3 N–H and O–H groups in total. The van der Waals surface area contributed by atoms with Gasteiger partial charge in [-0.05, 0) is 12.8 Å². The van der Waals surface area contributed by atoms with E-state index in [0.29, 0.717) is 24.7 Å². The molecule has 0 aromatic heterocycles. The van der Waals surface area contributed by atoms with Crippen LogP contribution in [0.2, 0.25) is 0 Å². The van der Waals surface area contributed by atoms with Crippen molar-refractivity contribution in [3.8, 4) is 0 Å². The van der Waals surface area contributed by atoms with Crippen molar-refractivity contribution in [2.75, 3.05) is 26.4 Å². The topological polar surface area (TPSA) is 75.8 Å². The lowest BCUT2D eigenvalue weighted by Crippen LogP contribution is -2.57. The summed E-state index contributed by atoms with van der Waals surface area (Å²) in [6, 6.07) is -0.266. The van der Waals surface area contributed by atoms with Crippen molar-refractivity contribution < 1.29 is 14.6 Å². The van der Waals surface area contributed by atoms with Crippen LogP contribution in [0.25, 0.3) is 0 Å². The van der Waals surface area contributed by atoms with Crippen molar-refractivity contribution in [2.45, 2.75) is 31.7 Å². The maximum Gasteiger partial charge on any atom is 0.236 e. The Labute approximate surface area is 112 Å². The summed E-state index contributed by atoms with van der Waals surface area (Å²) in [5.41, 5.74) is 5.14. The first-order chi connectivity index (χ1) is 8.62. The minimum atomic E-state index is -0.680. The number of amides is 1. The summed E-state index contributed by atoms with van der Waals surface area (Å²) in [7, 11) is 0. The lowest BCUT2D eigenvalue weighted by atomic mass is 9.84. The van der Waals surface area contributed by atoms with E-state index in [1.165, 1.54) is 0 Å². The van der Waals surface area contributed by atoms with E-state index in [1.54, 1.807) is 4.90 Å². The van der Waals surface area contributed by atoms with Crippen LogP contribution in [0.1, 0.15) is 25.7 Å². The maximum atomic E-state index is 12.7. The van der Waals surface area contributed by atoms with E-state index < -0.39 is 5.41 Å². The van der Waals surface area contributed by atoms with Gasteiger partial charge >= 0.3 is 0 Å². The molecule has 102 valence electrons. The SMILES string of the molecule is NC(=S)C1(C(=O)N2CCOCC2CO)CCCC1. The Balaban J connectivity index is 2.20. The zero-order valence-electron chi connectivity index (χ0n) is 10.4. The highest BCUT2D eigenvalue weighted by molar-refractivity contribution is 7.80. The molecule has 0 radical (unpaired) electrons. The number of morpholine rings is 1. The molecule has 2 rings (SSSR count). The van der Waals surface area contributed by atoms with E-state index in [0.717, 1.165) is 25.7 Å². The van der Waals surface area contributed by atoms with E-state index in [-0.39, 0.29) is 18.6 Å². The maximum absolute atomic E-state index is 12.7. The monoisotopic (exact) mass is 272 g/mol. The number of carbonyl (C=O) groups excluding carboxylic acids is 1. The third-order valence-electron chi connectivity index (χ3n) is 4.04. The first-order valence-electron chi connectivity index (χ1n) is 6.41. The molecule has 0 aromatic rings. The van der Waals surface area contributed by atoms with Crippen molar-refractivity contribution in [3.63, 3.8) is 0 Å². The van der Waals surface area contributed by atoms with Gasteiger partial charge in [0.05, 0.1) is 36.3 Å². The van der Waals surface area contributed by atoms with Crippen molar-refractivity contribution in [1.82, 2.24) is 4.90 Å². The number of hydrogen-bond donors (Lipinski definition) is 2. The second-order valence-corrected chi connectivity index (χ2v) is 5.50. The molecule has 1 saturated carbocycles. The third-order valence-corrected chi connectivity index (χ3v) is 4.43. The number of ether oxygens (including phenoxy) is 1. The minimum absolute atomic E-state index is 0.0187. The number of hydrogen-bond acceptors (Lipinski definition) is 4. The Morgan fingerprint density at radius 3 is 2.72 bits per heavy atom. The number of nitrogens with two attached hydrogens (primary N) is 1. The molecule has 6 heteroatoms. The van der Waals surface area contributed by atoms with E-state index in [9.17, 15) is 9.90 Å². The zero-order valence-corrected chi connectivity index (χ0v) is 11.2. The van der Waals surface area contributed by atoms with E-state index in [2.05, 4.69) is 0 Å². The van der Waals surface area contributed by atoms with Gasteiger partial charge in [0.2, 0.25) is 5.91 Å². The quantitative estimate of drug-likeness (QED) is 0.710. The van der Waals surface area contributed by atoms with Crippen LogP contribution < -0.4 is 5.73 Å². The molecule has 1 saturated heterocycles. The molecular formula is C12H20N2O3S. The van der Waals surface area contributed by atoms with E-state index in [4.69, 9.17) is 22.7 Å². The standard InChI is InChI=1S/C12H20N2O3S/c13-10(18)12(3-1-2-4-12)11(16)14-5-6-17-8-9(14)7-15/h9,15H,1-8H2,(H2,13,18). The van der Waals surface area contributed by atoms with Crippen molar-refractivity contribution in [1.29, 1.82) is 0 Å². The van der Waals surface area contributed by atoms with Gasteiger partial charge in [0.25, 0.3) is 0 Å². The molecule has 1 heterocycles. The van der Waals surface area contributed by atoms with Gasteiger partial charge in [0, 0.05) is 6.54 Å². The summed E-state index contributed by atoms with van der Waals surface area (Å²) in [6.45, 7) is 1.32. The molecule has 1 aliphatic carbocycles. The summed E-state index contributed by atoms with van der Waals surface area (Å²) in [4.78, 5) is 14.7. The molecule has 0 bridgehead atoms. The number of aliphatic hydroxyl groups is 1. The highest BCUT2D eigenvalue weighted by Gasteiger charge is 2.47. The predicted octanol–water partition coefficient (Wildman–Crippen LogP) is 0.0526. The minimum Gasteiger partial charge on any atom is -0.394 e. The summed E-state index contributed by atoms with van der Waals surface area (Å²) >= 11 is 5.12. The van der Waals surface area contributed by atoms with Crippen LogP contribution >= 0.6 is 12.2 Å². The fourth-order valence-corrected chi connectivity index (χ4v) is 3.18. The highest BCUT2D eigenvalue weighted by Crippen LogP contribution is 2.40. The Morgan fingerprint density at radius 1 is 1.50 bits per heavy atom. The fourth-order valence-electron chi connectivity index (χ4n) is 2.89. The van der Waals surface area contributed by atoms with Crippen LogP contribution in [-0.4, -0.2) is 53.3 Å². The molecule has 18 heavy (non-hydrogen) atoms. The molecule has 5 nitrogen and oxygen atoms in total. The third kappa shape index (κ3) is 2.24. The molecule has 1 aliphatic heterocycles. The Bertz CT molecular complexity index is 342. The summed E-state index contributed by atoms with van der Waals surface area (Å²) in [5.74, 6) is -0.0187. The Hall–Kier alpha value is -0.720. The van der Waals surface area contributed by atoms with Gasteiger partial charge in [0.1, 0.15) is 0 Å². The van der Waals surface area contributed by atoms with Gasteiger partial charge in [-0.25, -0.2) is 0 Å². The van der Waals surface area contributed by atoms with Gasteiger partial charge in [0.15, 0.2) is 0 Å². The first kappa shape index (κ1) is 13.7. The largest absolute Gasteiger partial charge is 0.394 e. The van der Waals surface area contributed by atoms with Gasteiger partial charge in [-0.15, -0.1) is 0 Å². The molecule has 1 amide bonds.